The van der Waals surface area contributed by atoms with Gasteiger partial charge in [-0.25, -0.2) is 0 Å². The van der Waals surface area contributed by atoms with Gasteiger partial charge in [-0.3, -0.25) is 14.4 Å². The number of rotatable bonds is 59. The maximum atomic E-state index is 12.8. The molecule has 0 radical (unpaired) electrons. The molecule has 426 valence electrons. The predicted octanol–water partition coefficient (Wildman–Crippen LogP) is 21.8. The van der Waals surface area contributed by atoms with Crippen LogP contribution in [0.15, 0.2) is 48.6 Å². The van der Waals surface area contributed by atoms with Crippen molar-refractivity contribution in [2.24, 2.45) is 0 Å². The van der Waals surface area contributed by atoms with Gasteiger partial charge in [0.1, 0.15) is 13.2 Å². The first kappa shape index (κ1) is 70.4. The standard InChI is InChI=1S/C67H122O6/c1-4-7-10-13-16-18-20-22-24-26-27-28-29-30-31-32-33-34-35-36-37-38-39-41-42-44-46-48-51-54-57-60-66(69)72-63-64(62-71-65(68)59-56-53-50-15-12-9-6-3)73-67(70)61-58-55-52-49-47-45-43-40-25-23-21-19-17-14-11-8-5-2/h7,10,16,18,22,24,27-28,64H,4-6,8-9,11-15,17,19-21,23,25-26,29-63H2,1-3H3/b10-7-,18-16-,24-22-,28-27-. The van der Waals surface area contributed by atoms with E-state index in [-0.39, 0.29) is 31.1 Å². The Morgan fingerprint density at radius 2 is 0.534 bits per heavy atom. The number of hydrogen-bond donors (Lipinski definition) is 0. The van der Waals surface area contributed by atoms with E-state index in [0.29, 0.717) is 19.3 Å². The first-order valence-electron chi connectivity index (χ1n) is 32.1. The molecule has 0 aromatic rings. The summed E-state index contributed by atoms with van der Waals surface area (Å²) in [4.78, 5) is 38.0. The number of hydrogen-bond acceptors (Lipinski definition) is 6. The summed E-state index contributed by atoms with van der Waals surface area (Å²) in [5.41, 5.74) is 0. The Bertz CT molecular complexity index is 1270. The van der Waals surface area contributed by atoms with E-state index in [4.69, 9.17) is 14.2 Å². The molecule has 0 bridgehead atoms. The van der Waals surface area contributed by atoms with Gasteiger partial charge in [0.15, 0.2) is 6.10 Å². The Hall–Kier alpha value is -2.63. The summed E-state index contributed by atoms with van der Waals surface area (Å²) in [7, 11) is 0. The van der Waals surface area contributed by atoms with Crippen molar-refractivity contribution in [3.63, 3.8) is 0 Å². The van der Waals surface area contributed by atoms with Gasteiger partial charge in [-0.1, -0.05) is 313 Å². The van der Waals surface area contributed by atoms with Crippen LogP contribution in [0, 0.1) is 0 Å². The molecule has 6 heteroatoms. The number of ether oxygens (including phenoxy) is 3. The molecule has 0 saturated heterocycles. The van der Waals surface area contributed by atoms with Crippen molar-refractivity contribution >= 4 is 17.9 Å². The zero-order valence-corrected chi connectivity index (χ0v) is 48.9. The molecule has 1 unspecified atom stereocenters. The van der Waals surface area contributed by atoms with E-state index in [9.17, 15) is 14.4 Å². The highest BCUT2D eigenvalue weighted by Gasteiger charge is 2.19. The minimum Gasteiger partial charge on any atom is -0.462 e. The minimum absolute atomic E-state index is 0.0665. The van der Waals surface area contributed by atoms with Crippen LogP contribution in [0.4, 0.5) is 0 Å². The molecule has 0 N–H and O–H groups in total. The zero-order chi connectivity index (χ0) is 52.9. The number of carbonyl (C=O) groups is 3. The van der Waals surface area contributed by atoms with Gasteiger partial charge in [-0.2, -0.15) is 0 Å². The predicted molar refractivity (Wildman–Crippen MR) is 316 cm³/mol. The van der Waals surface area contributed by atoms with Crippen LogP contribution in [0.1, 0.15) is 342 Å². The normalized spacial score (nSPS) is 12.3. The van der Waals surface area contributed by atoms with Crippen LogP contribution >= 0.6 is 0 Å². The Morgan fingerprint density at radius 3 is 0.836 bits per heavy atom. The molecule has 0 aromatic carbocycles. The van der Waals surface area contributed by atoms with Gasteiger partial charge in [-0.15, -0.1) is 0 Å². The van der Waals surface area contributed by atoms with Crippen molar-refractivity contribution in [3.8, 4) is 0 Å². The van der Waals surface area contributed by atoms with E-state index in [0.717, 1.165) is 83.5 Å². The van der Waals surface area contributed by atoms with Crippen molar-refractivity contribution < 1.29 is 28.6 Å². The quantitative estimate of drug-likeness (QED) is 0.0261. The number of unbranched alkanes of at least 4 members (excludes halogenated alkanes) is 40. The molecule has 0 aliphatic rings. The SMILES string of the molecule is CC/C=C\C/C=C\C/C=C\C/C=C\CCCCCCCCCCCCCCCCCCCCC(=O)OCC(COC(=O)CCCCCCCCC)OC(=O)CCCCCCCCCCCCCCCCCCC. The van der Waals surface area contributed by atoms with Crippen molar-refractivity contribution in [1.82, 2.24) is 0 Å². The van der Waals surface area contributed by atoms with E-state index in [2.05, 4.69) is 69.4 Å². The third-order valence-electron chi connectivity index (χ3n) is 14.3. The van der Waals surface area contributed by atoms with E-state index >= 15 is 0 Å². The van der Waals surface area contributed by atoms with Gasteiger partial charge < -0.3 is 14.2 Å². The summed E-state index contributed by atoms with van der Waals surface area (Å²) in [6.07, 6.45) is 77.3. The molecule has 0 saturated carbocycles. The second-order valence-corrected chi connectivity index (χ2v) is 21.7. The summed E-state index contributed by atoms with van der Waals surface area (Å²) in [5, 5.41) is 0. The lowest BCUT2D eigenvalue weighted by atomic mass is 10.0. The molecular formula is C67H122O6. The molecule has 1 atom stereocenters. The summed E-state index contributed by atoms with van der Waals surface area (Å²) in [6.45, 7) is 6.54. The van der Waals surface area contributed by atoms with Crippen LogP contribution < -0.4 is 0 Å². The Kier molecular flexibility index (Phi) is 59.7. The Balaban J connectivity index is 4.00. The van der Waals surface area contributed by atoms with Crippen molar-refractivity contribution in [3.05, 3.63) is 48.6 Å². The van der Waals surface area contributed by atoms with Crippen LogP contribution in [0.25, 0.3) is 0 Å². The fourth-order valence-electron chi connectivity index (χ4n) is 9.56. The van der Waals surface area contributed by atoms with Crippen LogP contribution in [-0.2, 0) is 28.6 Å². The van der Waals surface area contributed by atoms with Gasteiger partial charge >= 0.3 is 17.9 Å². The summed E-state index contributed by atoms with van der Waals surface area (Å²) in [6, 6.07) is 0. The lowest BCUT2D eigenvalue weighted by molar-refractivity contribution is -0.167. The third-order valence-corrected chi connectivity index (χ3v) is 14.3. The molecule has 6 nitrogen and oxygen atoms in total. The molecule has 0 heterocycles. The summed E-state index contributed by atoms with van der Waals surface area (Å²) < 4.78 is 16.8. The molecule has 0 spiro atoms. The topological polar surface area (TPSA) is 78.9 Å². The fraction of sp³-hybridized carbons (Fsp3) is 0.836. The molecule has 0 aromatic heterocycles. The first-order valence-corrected chi connectivity index (χ1v) is 32.1. The largest absolute Gasteiger partial charge is 0.462 e. The zero-order valence-electron chi connectivity index (χ0n) is 48.9. The molecule has 0 amide bonds. The monoisotopic (exact) mass is 1020 g/mol. The first-order chi connectivity index (χ1) is 36.0. The highest BCUT2D eigenvalue weighted by molar-refractivity contribution is 5.71. The van der Waals surface area contributed by atoms with Gasteiger partial charge in [0.25, 0.3) is 0 Å². The highest BCUT2D eigenvalue weighted by atomic mass is 16.6. The second kappa shape index (κ2) is 61.9. The van der Waals surface area contributed by atoms with Gasteiger partial charge in [0.2, 0.25) is 0 Å². The number of carbonyl (C=O) groups excluding carboxylic acids is 3. The molecule has 0 rings (SSSR count). The third kappa shape index (κ3) is 60.1. The average Bonchev–Trinajstić information content (AvgIpc) is 3.39. The lowest BCUT2D eigenvalue weighted by Crippen LogP contribution is -2.30. The van der Waals surface area contributed by atoms with Crippen LogP contribution in [-0.4, -0.2) is 37.2 Å². The molecular weight excluding hydrogens is 901 g/mol. The fourth-order valence-corrected chi connectivity index (χ4v) is 9.56. The smallest absolute Gasteiger partial charge is 0.306 e. The lowest BCUT2D eigenvalue weighted by Gasteiger charge is -2.18. The average molecular weight is 1020 g/mol. The molecule has 0 aliphatic carbocycles. The maximum absolute atomic E-state index is 12.8. The van der Waals surface area contributed by atoms with Crippen LogP contribution in [0.3, 0.4) is 0 Å². The molecule has 0 aliphatic heterocycles. The van der Waals surface area contributed by atoms with E-state index < -0.39 is 6.10 Å². The Morgan fingerprint density at radius 1 is 0.288 bits per heavy atom. The molecule has 0 fully saturated rings. The second-order valence-electron chi connectivity index (χ2n) is 21.7. The van der Waals surface area contributed by atoms with Crippen LogP contribution in [0.5, 0.6) is 0 Å². The van der Waals surface area contributed by atoms with Gasteiger partial charge in [0, 0.05) is 19.3 Å². The summed E-state index contributed by atoms with van der Waals surface area (Å²) in [5.74, 6) is -0.851. The number of esters is 3. The van der Waals surface area contributed by atoms with Crippen molar-refractivity contribution in [2.45, 2.75) is 348 Å². The maximum Gasteiger partial charge on any atom is 0.306 e. The molecule has 73 heavy (non-hydrogen) atoms. The van der Waals surface area contributed by atoms with E-state index in [1.165, 1.54) is 218 Å². The van der Waals surface area contributed by atoms with Gasteiger partial charge in [-0.05, 0) is 57.8 Å². The highest BCUT2D eigenvalue weighted by Crippen LogP contribution is 2.18. The van der Waals surface area contributed by atoms with E-state index in [1.54, 1.807) is 0 Å². The van der Waals surface area contributed by atoms with Gasteiger partial charge in [0.05, 0.1) is 0 Å². The van der Waals surface area contributed by atoms with E-state index in [1.807, 2.05) is 0 Å². The van der Waals surface area contributed by atoms with Crippen molar-refractivity contribution in [1.29, 1.82) is 0 Å². The minimum atomic E-state index is -0.765. The summed E-state index contributed by atoms with van der Waals surface area (Å²) >= 11 is 0. The van der Waals surface area contributed by atoms with Crippen molar-refractivity contribution in [2.75, 3.05) is 13.2 Å². The number of allylic oxidation sites excluding steroid dienone is 8. The van der Waals surface area contributed by atoms with Crippen LogP contribution in [0.2, 0.25) is 0 Å². The Labute approximate surface area is 454 Å².